The Labute approximate surface area is 184 Å². The SMILES string of the molecule is CN(C(=O)Cn1cccn1)C(Cc1ccccc1)C1CCN(C(=O)C2CCCO2)CC1. The first-order valence-corrected chi connectivity index (χ1v) is 11.3. The Morgan fingerprint density at radius 1 is 1.16 bits per heavy atom. The number of likely N-dealkylation sites (tertiary alicyclic amines) is 1. The molecule has 0 radical (unpaired) electrons. The summed E-state index contributed by atoms with van der Waals surface area (Å²) < 4.78 is 7.26. The maximum absolute atomic E-state index is 13.0. The normalized spacial score (nSPS) is 20.5. The van der Waals surface area contributed by atoms with Crippen molar-refractivity contribution in [3.8, 4) is 0 Å². The van der Waals surface area contributed by atoms with Crippen LogP contribution in [-0.2, 0) is 27.3 Å². The molecule has 1 aromatic carbocycles. The fraction of sp³-hybridized carbons (Fsp3) is 0.542. The van der Waals surface area contributed by atoms with Crippen LogP contribution in [0.25, 0.3) is 0 Å². The third-order valence-corrected chi connectivity index (χ3v) is 6.64. The Bertz CT molecular complexity index is 841. The summed E-state index contributed by atoms with van der Waals surface area (Å²) in [5.74, 6) is 0.543. The van der Waals surface area contributed by atoms with E-state index < -0.39 is 0 Å². The lowest BCUT2D eigenvalue weighted by Crippen LogP contribution is -2.50. The van der Waals surface area contributed by atoms with E-state index in [9.17, 15) is 9.59 Å². The first-order chi connectivity index (χ1) is 15.1. The van der Waals surface area contributed by atoms with Crippen molar-refractivity contribution in [2.45, 2.75) is 50.8 Å². The van der Waals surface area contributed by atoms with E-state index in [1.807, 2.05) is 47.3 Å². The molecule has 2 aliphatic heterocycles. The van der Waals surface area contributed by atoms with Gasteiger partial charge in [-0.1, -0.05) is 30.3 Å². The van der Waals surface area contributed by atoms with E-state index in [0.29, 0.717) is 12.5 Å². The zero-order valence-corrected chi connectivity index (χ0v) is 18.2. The summed E-state index contributed by atoms with van der Waals surface area (Å²) in [5.41, 5.74) is 1.23. The largest absolute Gasteiger partial charge is 0.368 e. The predicted molar refractivity (Wildman–Crippen MR) is 117 cm³/mol. The van der Waals surface area contributed by atoms with Gasteiger partial charge in [0.25, 0.3) is 5.91 Å². The van der Waals surface area contributed by atoms with Gasteiger partial charge in [-0.2, -0.15) is 5.10 Å². The van der Waals surface area contributed by atoms with E-state index in [1.165, 1.54) is 5.56 Å². The summed E-state index contributed by atoms with van der Waals surface area (Å²) >= 11 is 0. The van der Waals surface area contributed by atoms with Gasteiger partial charge in [0, 0.05) is 45.2 Å². The minimum Gasteiger partial charge on any atom is -0.368 e. The predicted octanol–water partition coefficient (Wildman–Crippen LogP) is 2.37. The molecule has 3 heterocycles. The number of aromatic nitrogens is 2. The van der Waals surface area contributed by atoms with Gasteiger partial charge in [0.1, 0.15) is 12.6 Å². The highest BCUT2D eigenvalue weighted by atomic mass is 16.5. The topological polar surface area (TPSA) is 67.7 Å². The van der Waals surface area contributed by atoms with E-state index in [-0.39, 0.29) is 30.5 Å². The van der Waals surface area contributed by atoms with Crippen LogP contribution in [-0.4, -0.2) is 70.3 Å². The van der Waals surface area contributed by atoms with E-state index in [2.05, 4.69) is 17.2 Å². The first kappa shape index (κ1) is 21.6. The second-order valence-corrected chi connectivity index (χ2v) is 8.63. The molecule has 0 N–H and O–H groups in total. The quantitative estimate of drug-likeness (QED) is 0.684. The van der Waals surface area contributed by atoms with Crippen molar-refractivity contribution in [1.29, 1.82) is 0 Å². The highest BCUT2D eigenvalue weighted by molar-refractivity contribution is 5.81. The molecule has 2 amide bonds. The molecule has 2 aliphatic rings. The maximum Gasteiger partial charge on any atom is 0.251 e. The molecule has 0 spiro atoms. The first-order valence-electron chi connectivity index (χ1n) is 11.3. The minimum atomic E-state index is -0.255. The summed E-state index contributed by atoms with van der Waals surface area (Å²) in [6.07, 6.45) is 7.66. The number of hydrogen-bond donors (Lipinski definition) is 0. The van der Waals surface area contributed by atoms with Crippen molar-refractivity contribution in [3.05, 3.63) is 54.4 Å². The van der Waals surface area contributed by atoms with Crippen LogP contribution in [0.1, 0.15) is 31.2 Å². The second-order valence-electron chi connectivity index (χ2n) is 8.63. The zero-order valence-electron chi connectivity index (χ0n) is 18.2. The molecule has 2 fully saturated rings. The van der Waals surface area contributed by atoms with Gasteiger partial charge >= 0.3 is 0 Å². The molecule has 0 bridgehead atoms. The Morgan fingerprint density at radius 2 is 1.94 bits per heavy atom. The van der Waals surface area contributed by atoms with Crippen molar-refractivity contribution >= 4 is 11.8 Å². The molecule has 7 nitrogen and oxygen atoms in total. The Hall–Kier alpha value is -2.67. The van der Waals surface area contributed by atoms with Gasteiger partial charge in [-0.15, -0.1) is 0 Å². The fourth-order valence-corrected chi connectivity index (χ4v) is 4.79. The van der Waals surface area contributed by atoms with E-state index >= 15 is 0 Å². The average molecular weight is 425 g/mol. The molecule has 7 heteroatoms. The number of likely N-dealkylation sites (N-methyl/N-ethyl adjacent to an activating group) is 1. The number of ether oxygens (including phenoxy) is 1. The summed E-state index contributed by atoms with van der Waals surface area (Å²) in [6, 6.07) is 12.3. The molecule has 166 valence electrons. The number of rotatable bonds is 7. The average Bonchev–Trinajstić information content (AvgIpc) is 3.52. The van der Waals surface area contributed by atoms with Gasteiger partial charge in [0.2, 0.25) is 5.91 Å². The number of nitrogens with zero attached hydrogens (tertiary/aromatic N) is 4. The number of benzene rings is 1. The Kier molecular flexibility index (Phi) is 7.02. The van der Waals surface area contributed by atoms with Gasteiger partial charge in [-0.25, -0.2) is 0 Å². The number of carbonyl (C=O) groups excluding carboxylic acids is 2. The highest BCUT2D eigenvalue weighted by Gasteiger charge is 2.35. The lowest BCUT2D eigenvalue weighted by atomic mass is 9.84. The molecule has 2 aromatic rings. The van der Waals surface area contributed by atoms with Crippen LogP contribution < -0.4 is 0 Å². The van der Waals surface area contributed by atoms with E-state index in [0.717, 1.165) is 45.2 Å². The van der Waals surface area contributed by atoms with Gasteiger partial charge < -0.3 is 14.5 Å². The molecular weight excluding hydrogens is 392 g/mol. The molecule has 1 aromatic heterocycles. The van der Waals surface area contributed by atoms with Crippen LogP contribution in [0.4, 0.5) is 0 Å². The number of hydrogen-bond acceptors (Lipinski definition) is 4. The molecule has 2 unspecified atom stereocenters. The van der Waals surface area contributed by atoms with E-state index in [1.54, 1.807) is 10.9 Å². The molecule has 4 rings (SSSR count). The van der Waals surface area contributed by atoms with Crippen molar-refractivity contribution in [1.82, 2.24) is 19.6 Å². The third-order valence-electron chi connectivity index (χ3n) is 6.64. The molecule has 0 saturated carbocycles. The second kappa shape index (κ2) is 10.1. The molecular formula is C24H32N4O3. The van der Waals surface area contributed by atoms with Crippen LogP contribution in [0.3, 0.4) is 0 Å². The van der Waals surface area contributed by atoms with Gasteiger partial charge in [-0.05, 0) is 49.7 Å². The summed E-state index contributed by atoms with van der Waals surface area (Å²) in [5, 5.41) is 4.17. The third kappa shape index (κ3) is 5.34. The van der Waals surface area contributed by atoms with Gasteiger partial charge in [0.05, 0.1) is 0 Å². The molecule has 0 aliphatic carbocycles. The van der Waals surface area contributed by atoms with Gasteiger partial charge in [0.15, 0.2) is 0 Å². The highest BCUT2D eigenvalue weighted by Crippen LogP contribution is 2.28. The van der Waals surface area contributed by atoms with Crippen LogP contribution in [0.2, 0.25) is 0 Å². The summed E-state index contributed by atoms with van der Waals surface area (Å²) in [7, 11) is 1.91. The van der Waals surface area contributed by atoms with Crippen LogP contribution in [0.15, 0.2) is 48.8 Å². The Balaban J connectivity index is 1.42. The number of amides is 2. The smallest absolute Gasteiger partial charge is 0.251 e. The van der Waals surface area contributed by atoms with Crippen LogP contribution >= 0.6 is 0 Å². The lowest BCUT2D eigenvalue weighted by Gasteiger charge is -2.40. The lowest BCUT2D eigenvalue weighted by molar-refractivity contribution is -0.143. The standard InChI is InChI=1S/C24H32N4O3/c1-26(23(29)18-28-13-6-12-25-28)21(17-19-7-3-2-4-8-19)20-10-14-27(15-11-20)24(30)22-9-5-16-31-22/h2-4,6-8,12-13,20-22H,5,9-11,14-18H2,1H3. The molecule has 2 atom stereocenters. The zero-order chi connectivity index (χ0) is 21.6. The van der Waals surface area contributed by atoms with Crippen molar-refractivity contribution in [2.24, 2.45) is 5.92 Å². The van der Waals surface area contributed by atoms with Crippen molar-refractivity contribution in [3.63, 3.8) is 0 Å². The molecule has 2 saturated heterocycles. The van der Waals surface area contributed by atoms with Crippen molar-refractivity contribution in [2.75, 3.05) is 26.7 Å². The maximum atomic E-state index is 13.0. The van der Waals surface area contributed by atoms with Gasteiger partial charge in [-0.3, -0.25) is 14.3 Å². The Morgan fingerprint density at radius 3 is 2.58 bits per heavy atom. The summed E-state index contributed by atoms with van der Waals surface area (Å²) in [6.45, 7) is 2.39. The fourth-order valence-electron chi connectivity index (χ4n) is 4.79. The number of carbonyl (C=O) groups is 2. The molecule has 31 heavy (non-hydrogen) atoms. The minimum absolute atomic E-state index is 0.0579. The summed E-state index contributed by atoms with van der Waals surface area (Å²) in [4.78, 5) is 29.6. The number of piperidine rings is 1. The van der Waals surface area contributed by atoms with E-state index in [4.69, 9.17) is 4.74 Å². The monoisotopic (exact) mass is 424 g/mol. The van der Waals surface area contributed by atoms with Crippen LogP contribution in [0.5, 0.6) is 0 Å². The van der Waals surface area contributed by atoms with Crippen molar-refractivity contribution < 1.29 is 14.3 Å². The van der Waals surface area contributed by atoms with Crippen LogP contribution in [0, 0.1) is 5.92 Å².